The highest BCUT2D eigenvalue weighted by atomic mass is 16.7. The molecule has 0 unspecified atom stereocenters. The third kappa shape index (κ3) is 5.48. The highest BCUT2D eigenvalue weighted by Crippen LogP contribution is 2.27. The second-order valence-corrected chi connectivity index (χ2v) is 6.99. The molecule has 0 aliphatic carbocycles. The van der Waals surface area contributed by atoms with Gasteiger partial charge in [-0.2, -0.15) is 0 Å². The molecule has 8 nitrogen and oxygen atoms in total. The van der Waals surface area contributed by atoms with E-state index in [1.54, 1.807) is 26.4 Å². The van der Waals surface area contributed by atoms with Crippen molar-refractivity contribution in [3.8, 4) is 11.5 Å². The molecule has 0 radical (unpaired) electrons. The van der Waals surface area contributed by atoms with Crippen LogP contribution >= 0.6 is 0 Å². The van der Waals surface area contributed by atoms with E-state index >= 15 is 0 Å². The van der Waals surface area contributed by atoms with E-state index in [0.29, 0.717) is 0 Å². The van der Waals surface area contributed by atoms with Gasteiger partial charge in [0.15, 0.2) is 6.29 Å². The van der Waals surface area contributed by atoms with Gasteiger partial charge in [0.05, 0.1) is 34.0 Å². The normalized spacial score (nSPS) is 26.4. The highest BCUT2D eigenvalue weighted by Gasteiger charge is 2.46. The Labute approximate surface area is 175 Å². The fraction of sp³-hybridized carbons (Fsp3) is 0.455. The van der Waals surface area contributed by atoms with Gasteiger partial charge in [-0.25, -0.2) is 0 Å². The van der Waals surface area contributed by atoms with Crippen LogP contribution in [0, 0.1) is 0 Å². The number of benzene rings is 2. The Morgan fingerprint density at radius 3 is 1.67 bits per heavy atom. The van der Waals surface area contributed by atoms with Crippen LogP contribution in [0.25, 0.3) is 0 Å². The molecule has 3 rings (SSSR count). The third-order valence-corrected chi connectivity index (χ3v) is 5.02. The summed E-state index contributed by atoms with van der Waals surface area (Å²) in [6, 6.07) is 14.6. The van der Waals surface area contributed by atoms with Gasteiger partial charge in [0.25, 0.3) is 0 Å². The van der Waals surface area contributed by atoms with Crippen molar-refractivity contribution in [3.05, 3.63) is 59.7 Å². The average Bonchev–Trinajstić information content (AvgIpc) is 2.79. The smallest absolute Gasteiger partial charge is 0.184 e. The van der Waals surface area contributed by atoms with Crippen molar-refractivity contribution in [1.82, 2.24) is 0 Å². The van der Waals surface area contributed by atoms with Crippen molar-refractivity contribution in [2.75, 3.05) is 20.8 Å². The summed E-state index contributed by atoms with van der Waals surface area (Å²) in [7, 11) is 3.18. The lowest BCUT2D eigenvalue weighted by Crippen LogP contribution is -2.60. The van der Waals surface area contributed by atoms with Gasteiger partial charge < -0.3 is 39.0 Å². The zero-order valence-corrected chi connectivity index (χ0v) is 17.0. The molecule has 2 aromatic carbocycles. The Balaban J connectivity index is 1.68. The van der Waals surface area contributed by atoms with Crippen LogP contribution in [0.3, 0.4) is 0 Å². The van der Waals surface area contributed by atoms with Crippen molar-refractivity contribution >= 4 is 0 Å². The molecular weight excluding hydrogens is 392 g/mol. The van der Waals surface area contributed by atoms with Gasteiger partial charge in [0.2, 0.25) is 0 Å². The number of aliphatic hydroxyl groups is 3. The van der Waals surface area contributed by atoms with Crippen LogP contribution in [0.4, 0.5) is 0 Å². The Hall–Kier alpha value is -2.20. The summed E-state index contributed by atoms with van der Waals surface area (Å²) < 4.78 is 27.4. The number of ether oxygens (including phenoxy) is 5. The molecule has 30 heavy (non-hydrogen) atoms. The zero-order valence-electron chi connectivity index (χ0n) is 17.0. The quantitative estimate of drug-likeness (QED) is 0.556. The molecule has 1 aliphatic rings. The van der Waals surface area contributed by atoms with E-state index < -0.39 is 37.3 Å². The molecule has 2 aromatic rings. The zero-order chi connectivity index (χ0) is 21.5. The van der Waals surface area contributed by atoms with E-state index in [9.17, 15) is 15.3 Å². The topological polar surface area (TPSA) is 107 Å². The minimum Gasteiger partial charge on any atom is -0.497 e. The van der Waals surface area contributed by atoms with Gasteiger partial charge in [0.1, 0.15) is 35.9 Å². The minimum absolute atomic E-state index is 0.175. The molecule has 1 heterocycles. The molecule has 1 saturated heterocycles. The van der Waals surface area contributed by atoms with Crippen molar-refractivity contribution in [2.24, 2.45) is 0 Å². The molecule has 0 spiro atoms. The minimum atomic E-state index is -1.36. The Morgan fingerprint density at radius 2 is 1.23 bits per heavy atom. The van der Waals surface area contributed by atoms with E-state index in [1.165, 1.54) is 0 Å². The summed E-state index contributed by atoms with van der Waals surface area (Å²) in [5.41, 5.74) is 1.72. The fourth-order valence-electron chi connectivity index (χ4n) is 3.26. The second kappa shape index (κ2) is 10.7. The SMILES string of the molecule is COc1ccc(CO[C@@H]2[C@@H](OCc3ccc(OC)cc3)[C@@H](O)[C@@H](CO)O[C@H]2O)cc1. The Morgan fingerprint density at radius 1 is 0.767 bits per heavy atom. The van der Waals surface area contributed by atoms with Gasteiger partial charge in [-0.15, -0.1) is 0 Å². The van der Waals surface area contributed by atoms with E-state index in [4.69, 9.17) is 23.7 Å². The van der Waals surface area contributed by atoms with E-state index in [2.05, 4.69) is 0 Å². The average molecular weight is 420 g/mol. The van der Waals surface area contributed by atoms with Gasteiger partial charge in [-0.1, -0.05) is 24.3 Å². The molecule has 3 N–H and O–H groups in total. The fourth-order valence-corrected chi connectivity index (χ4v) is 3.26. The number of rotatable bonds is 9. The van der Waals surface area contributed by atoms with Crippen molar-refractivity contribution < 1.29 is 39.0 Å². The summed E-state index contributed by atoms with van der Waals surface area (Å²) >= 11 is 0. The first-order valence-corrected chi connectivity index (χ1v) is 9.67. The third-order valence-electron chi connectivity index (χ3n) is 5.02. The van der Waals surface area contributed by atoms with E-state index in [-0.39, 0.29) is 13.2 Å². The molecule has 0 saturated carbocycles. The van der Waals surface area contributed by atoms with Crippen molar-refractivity contribution in [2.45, 2.75) is 43.9 Å². The lowest BCUT2D eigenvalue weighted by Gasteiger charge is -2.42. The Kier molecular flexibility index (Phi) is 8.03. The summed E-state index contributed by atoms with van der Waals surface area (Å²) in [5.74, 6) is 1.45. The number of hydrogen-bond donors (Lipinski definition) is 3. The summed E-state index contributed by atoms with van der Waals surface area (Å²) in [6.07, 6.45) is -5.33. The largest absolute Gasteiger partial charge is 0.497 e. The van der Waals surface area contributed by atoms with Crippen molar-refractivity contribution in [1.29, 1.82) is 0 Å². The van der Waals surface area contributed by atoms with Crippen LogP contribution in [-0.4, -0.2) is 66.9 Å². The molecule has 0 aromatic heterocycles. The molecule has 1 fully saturated rings. The maximum atomic E-state index is 10.6. The highest BCUT2D eigenvalue weighted by molar-refractivity contribution is 5.27. The van der Waals surface area contributed by atoms with Crippen LogP contribution in [0.2, 0.25) is 0 Å². The molecule has 8 heteroatoms. The first-order valence-electron chi connectivity index (χ1n) is 9.67. The van der Waals surface area contributed by atoms with Gasteiger partial charge in [-0.3, -0.25) is 0 Å². The lowest BCUT2D eigenvalue weighted by atomic mass is 9.98. The van der Waals surface area contributed by atoms with Crippen LogP contribution in [0.15, 0.2) is 48.5 Å². The second-order valence-electron chi connectivity index (χ2n) is 6.99. The molecule has 164 valence electrons. The molecule has 0 amide bonds. The van der Waals surface area contributed by atoms with E-state index in [1.807, 2.05) is 36.4 Å². The van der Waals surface area contributed by atoms with Crippen molar-refractivity contribution in [3.63, 3.8) is 0 Å². The number of hydrogen-bond acceptors (Lipinski definition) is 8. The van der Waals surface area contributed by atoms with Crippen LogP contribution in [-0.2, 0) is 27.4 Å². The van der Waals surface area contributed by atoms with Crippen LogP contribution in [0.1, 0.15) is 11.1 Å². The summed E-state index contributed by atoms with van der Waals surface area (Å²) in [5, 5.41) is 30.5. The molecule has 0 bridgehead atoms. The predicted octanol–water partition coefficient (Wildman–Crippen LogP) is 1.24. The molecule has 5 atom stereocenters. The van der Waals surface area contributed by atoms with Gasteiger partial charge in [-0.05, 0) is 35.4 Å². The maximum Gasteiger partial charge on any atom is 0.184 e. The van der Waals surface area contributed by atoms with Gasteiger partial charge in [0, 0.05) is 0 Å². The first-order chi connectivity index (χ1) is 14.5. The lowest BCUT2D eigenvalue weighted by molar-refractivity contribution is -0.307. The van der Waals surface area contributed by atoms with E-state index in [0.717, 1.165) is 22.6 Å². The monoisotopic (exact) mass is 420 g/mol. The summed E-state index contributed by atoms with van der Waals surface area (Å²) in [4.78, 5) is 0. The predicted molar refractivity (Wildman–Crippen MR) is 107 cm³/mol. The molecule has 1 aliphatic heterocycles. The molecular formula is C22H28O8. The number of aliphatic hydroxyl groups excluding tert-OH is 3. The number of methoxy groups -OCH3 is 2. The Bertz CT molecular complexity index is 764. The summed E-state index contributed by atoms with van der Waals surface area (Å²) in [6.45, 7) is -0.0984. The first kappa shape index (κ1) is 22.5. The van der Waals surface area contributed by atoms with Crippen LogP contribution in [0.5, 0.6) is 11.5 Å². The van der Waals surface area contributed by atoms with Crippen LogP contribution < -0.4 is 9.47 Å². The standard InChI is InChI=1S/C22H28O8/c1-26-16-7-3-14(4-8-16)12-28-20-19(24)18(11-23)30-22(25)21(20)29-13-15-5-9-17(27-2)10-6-15/h3-10,18-25H,11-13H2,1-2H3/t18-,19+,20+,21-,22-/m1/s1. The van der Waals surface area contributed by atoms with Gasteiger partial charge >= 0.3 is 0 Å². The maximum absolute atomic E-state index is 10.6.